The van der Waals surface area contributed by atoms with E-state index in [4.69, 9.17) is 4.74 Å². The second-order valence-corrected chi connectivity index (χ2v) is 7.13. The first-order valence-electron chi connectivity index (χ1n) is 7.35. The zero-order valence-electron chi connectivity index (χ0n) is 13.6. The van der Waals surface area contributed by atoms with Crippen molar-refractivity contribution < 1.29 is 13.2 Å². The summed E-state index contributed by atoms with van der Waals surface area (Å²) in [7, 11) is -2.21. The molecule has 0 spiro atoms. The van der Waals surface area contributed by atoms with Crippen LogP contribution in [0, 0.1) is 13.8 Å². The monoisotopic (exact) mass is 346 g/mol. The molecular formula is C16H18N4O3S. The van der Waals surface area contributed by atoms with Gasteiger partial charge in [0.15, 0.2) is 5.03 Å². The quantitative estimate of drug-likeness (QED) is 0.762. The van der Waals surface area contributed by atoms with Gasteiger partial charge in [0, 0.05) is 24.0 Å². The first-order valence-corrected chi connectivity index (χ1v) is 8.83. The summed E-state index contributed by atoms with van der Waals surface area (Å²) >= 11 is 0. The third-order valence-corrected chi connectivity index (χ3v) is 5.11. The van der Waals surface area contributed by atoms with Crippen molar-refractivity contribution in [2.75, 3.05) is 7.11 Å². The number of methoxy groups -OCH3 is 1. The lowest BCUT2D eigenvalue weighted by molar-refractivity contribution is 0.390. The Labute approximate surface area is 140 Å². The second-order valence-electron chi connectivity index (χ2n) is 5.42. The molecular weight excluding hydrogens is 328 g/mol. The highest BCUT2D eigenvalue weighted by molar-refractivity contribution is 7.89. The zero-order valence-corrected chi connectivity index (χ0v) is 14.5. The Morgan fingerprint density at radius 2 is 2.08 bits per heavy atom. The minimum atomic E-state index is -3.73. The highest BCUT2D eigenvalue weighted by Crippen LogP contribution is 2.21. The highest BCUT2D eigenvalue weighted by atomic mass is 32.2. The van der Waals surface area contributed by atoms with Crippen LogP contribution in [0.3, 0.4) is 0 Å². The Morgan fingerprint density at radius 3 is 2.83 bits per heavy atom. The Bertz CT molecular complexity index is 996. The van der Waals surface area contributed by atoms with Crippen LogP contribution in [0.5, 0.6) is 5.88 Å². The maximum absolute atomic E-state index is 12.6. The SMILES string of the molecule is COc1nc(C)cc(C)c1CNS(=O)(=O)c1cnc2ccccn12. The lowest BCUT2D eigenvalue weighted by Crippen LogP contribution is -2.25. The van der Waals surface area contributed by atoms with Crippen molar-refractivity contribution in [3.63, 3.8) is 0 Å². The molecule has 0 aliphatic carbocycles. The standard InChI is InChI=1S/C16H18N4O3S/c1-11-8-12(2)19-16(23-3)13(11)9-18-24(21,22)15-10-17-14-6-4-5-7-20(14)15/h4-8,10,18H,9H2,1-3H3. The van der Waals surface area contributed by atoms with Crippen molar-refractivity contribution in [2.45, 2.75) is 25.4 Å². The Balaban J connectivity index is 1.92. The maximum atomic E-state index is 12.6. The zero-order chi connectivity index (χ0) is 17.3. The van der Waals surface area contributed by atoms with Crippen molar-refractivity contribution in [1.29, 1.82) is 0 Å². The molecule has 24 heavy (non-hydrogen) atoms. The van der Waals surface area contributed by atoms with Gasteiger partial charge in [0.1, 0.15) is 5.65 Å². The number of imidazole rings is 1. The van der Waals surface area contributed by atoms with Gasteiger partial charge in [-0.05, 0) is 37.6 Å². The van der Waals surface area contributed by atoms with Crippen LogP contribution in [0.25, 0.3) is 5.65 Å². The molecule has 0 aromatic carbocycles. The average molecular weight is 346 g/mol. The molecule has 8 heteroatoms. The van der Waals surface area contributed by atoms with Crippen LogP contribution >= 0.6 is 0 Å². The fourth-order valence-corrected chi connectivity index (χ4v) is 3.65. The topological polar surface area (TPSA) is 85.6 Å². The number of nitrogens with one attached hydrogen (secondary N) is 1. The first-order chi connectivity index (χ1) is 11.4. The molecule has 0 amide bonds. The van der Waals surface area contributed by atoms with Crippen LogP contribution in [0.2, 0.25) is 0 Å². The number of aromatic nitrogens is 3. The number of aryl methyl sites for hydroxylation is 2. The summed E-state index contributed by atoms with van der Waals surface area (Å²) in [6.07, 6.45) is 3.01. The highest BCUT2D eigenvalue weighted by Gasteiger charge is 2.20. The Kier molecular flexibility index (Phi) is 4.25. The number of hydrogen-bond donors (Lipinski definition) is 1. The first kappa shape index (κ1) is 16.4. The summed E-state index contributed by atoms with van der Waals surface area (Å²) in [5, 5.41) is 0.0924. The van der Waals surface area contributed by atoms with Gasteiger partial charge >= 0.3 is 0 Å². The number of nitrogens with zero attached hydrogens (tertiary/aromatic N) is 3. The predicted molar refractivity (Wildman–Crippen MR) is 89.5 cm³/mol. The van der Waals surface area contributed by atoms with Crippen molar-refractivity contribution in [2.24, 2.45) is 0 Å². The van der Waals surface area contributed by atoms with Crippen LogP contribution in [-0.4, -0.2) is 29.9 Å². The molecule has 0 radical (unpaired) electrons. The van der Waals surface area contributed by atoms with Crippen LogP contribution in [0.15, 0.2) is 41.7 Å². The molecule has 3 heterocycles. The molecule has 7 nitrogen and oxygen atoms in total. The van der Waals surface area contributed by atoms with Crippen molar-refractivity contribution in [1.82, 2.24) is 19.1 Å². The summed E-state index contributed by atoms with van der Waals surface area (Å²) < 4.78 is 34.6. The molecule has 0 aliphatic heterocycles. The second kappa shape index (κ2) is 6.21. The van der Waals surface area contributed by atoms with Crippen molar-refractivity contribution >= 4 is 15.7 Å². The molecule has 0 atom stereocenters. The number of ether oxygens (including phenoxy) is 1. The molecule has 0 saturated carbocycles. The fraction of sp³-hybridized carbons (Fsp3) is 0.250. The summed E-state index contributed by atoms with van der Waals surface area (Å²) in [6, 6.07) is 7.19. The molecule has 0 aliphatic rings. The summed E-state index contributed by atoms with van der Waals surface area (Å²) in [6.45, 7) is 3.85. The minimum absolute atomic E-state index is 0.0880. The Hall–Kier alpha value is -2.45. The maximum Gasteiger partial charge on any atom is 0.258 e. The smallest absolute Gasteiger partial charge is 0.258 e. The van der Waals surface area contributed by atoms with Crippen molar-refractivity contribution in [3.8, 4) is 5.88 Å². The summed E-state index contributed by atoms with van der Waals surface area (Å²) in [4.78, 5) is 8.40. The molecule has 1 N–H and O–H groups in total. The van der Waals surface area contributed by atoms with E-state index in [1.54, 1.807) is 24.4 Å². The van der Waals surface area contributed by atoms with Gasteiger partial charge < -0.3 is 4.74 Å². The number of fused-ring (bicyclic) bond motifs is 1. The van der Waals surface area contributed by atoms with Gasteiger partial charge in [-0.15, -0.1) is 0 Å². The minimum Gasteiger partial charge on any atom is -0.481 e. The predicted octanol–water partition coefficient (Wildman–Crippen LogP) is 1.83. The van der Waals surface area contributed by atoms with Crippen LogP contribution in [-0.2, 0) is 16.6 Å². The van der Waals surface area contributed by atoms with Crippen LogP contribution in [0.1, 0.15) is 16.8 Å². The van der Waals surface area contributed by atoms with E-state index in [9.17, 15) is 8.42 Å². The van der Waals surface area contributed by atoms with E-state index in [2.05, 4.69) is 14.7 Å². The molecule has 3 rings (SSSR count). The largest absolute Gasteiger partial charge is 0.481 e. The van der Waals surface area contributed by atoms with Gasteiger partial charge in [0.2, 0.25) is 5.88 Å². The van der Waals surface area contributed by atoms with Gasteiger partial charge in [0.05, 0.1) is 13.3 Å². The molecule has 0 bridgehead atoms. The number of sulfonamides is 1. The molecule has 126 valence electrons. The molecule has 3 aromatic rings. The lowest BCUT2D eigenvalue weighted by atomic mass is 10.1. The lowest BCUT2D eigenvalue weighted by Gasteiger charge is -2.13. The van der Waals surface area contributed by atoms with Crippen LogP contribution in [0.4, 0.5) is 0 Å². The van der Waals surface area contributed by atoms with Gasteiger partial charge in [-0.25, -0.2) is 23.1 Å². The van der Waals surface area contributed by atoms with E-state index in [0.717, 1.165) is 11.3 Å². The van der Waals surface area contributed by atoms with Crippen molar-refractivity contribution in [3.05, 3.63) is 53.5 Å². The van der Waals surface area contributed by atoms with Gasteiger partial charge in [-0.3, -0.25) is 4.40 Å². The van der Waals surface area contributed by atoms with Gasteiger partial charge in [0.25, 0.3) is 10.0 Å². The van der Waals surface area contributed by atoms with Gasteiger partial charge in [-0.1, -0.05) is 6.07 Å². The molecule has 3 aromatic heterocycles. The molecule has 0 unspecified atom stereocenters. The van der Waals surface area contributed by atoms with E-state index in [-0.39, 0.29) is 11.6 Å². The number of hydrogen-bond acceptors (Lipinski definition) is 5. The summed E-state index contributed by atoms with van der Waals surface area (Å²) in [5.41, 5.74) is 3.02. The van der Waals surface area contributed by atoms with E-state index in [1.807, 2.05) is 19.9 Å². The third kappa shape index (κ3) is 2.98. The molecule has 0 fully saturated rings. The normalized spacial score (nSPS) is 11.8. The van der Waals surface area contributed by atoms with E-state index in [1.165, 1.54) is 17.7 Å². The van der Waals surface area contributed by atoms with Gasteiger partial charge in [-0.2, -0.15) is 0 Å². The van der Waals surface area contributed by atoms with E-state index in [0.29, 0.717) is 17.1 Å². The number of rotatable bonds is 5. The average Bonchev–Trinajstić information content (AvgIpc) is 2.98. The van der Waals surface area contributed by atoms with E-state index < -0.39 is 10.0 Å². The van der Waals surface area contributed by atoms with Crippen LogP contribution < -0.4 is 9.46 Å². The fourth-order valence-electron chi connectivity index (χ4n) is 2.56. The Morgan fingerprint density at radius 1 is 1.29 bits per heavy atom. The summed E-state index contributed by atoms with van der Waals surface area (Å²) in [5.74, 6) is 0.424. The van der Waals surface area contributed by atoms with E-state index >= 15 is 0 Å². The third-order valence-electron chi connectivity index (χ3n) is 3.73. The molecule has 0 saturated heterocycles. The number of pyridine rings is 2.